The van der Waals surface area contributed by atoms with Crippen LogP contribution in [0.25, 0.3) is 0 Å². The van der Waals surface area contributed by atoms with E-state index in [-0.39, 0.29) is 11.9 Å². The number of amides is 1. The van der Waals surface area contributed by atoms with E-state index in [0.717, 1.165) is 5.56 Å². The molecule has 1 aliphatic heterocycles. The number of rotatable bonds is 6. The molecule has 8 heteroatoms. The second kappa shape index (κ2) is 7.69. The van der Waals surface area contributed by atoms with Crippen molar-refractivity contribution >= 4 is 5.91 Å². The Morgan fingerprint density at radius 3 is 3.04 bits per heavy atom. The molecule has 0 aromatic carbocycles. The molecule has 1 fully saturated rings. The molecule has 134 valence electrons. The highest BCUT2D eigenvalue weighted by molar-refractivity contribution is 5.78. The van der Waals surface area contributed by atoms with E-state index >= 15 is 0 Å². The zero-order valence-corrected chi connectivity index (χ0v) is 14.4. The first-order valence-electron chi connectivity index (χ1n) is 8.31. The highest BCUT2D eigenvalue weighted by Gasteiger charge is 2.34. The average molecular weight is 347 g/mol. The molecule has 3 heterocycles. The molecule has 1 aliphatic rings. The summed E-state index contributed by atoms with van der Waals surface area (Å²) >= 11 is 0. The quantitative estimate of drug-likeness (QED) is 0.786. The maximum Gasteiger partial charge on any atom is 0.226 e. The third kappa shape index (κ3) is 4.60. The number of halogens is 1. The van der Waals surface area contributed by atoms with Crippen LogP contribution < -0.4 is 0 Å². The van der Waals surface area contributed by atoms with Gasteiger partial charge in [0.15, 0.2) is 5.82 Å². The Bertz CT molecular complexity index is 708. The van der Waals surface area contributed by atoms with Crippen molar-refractivity contribution in [1.29, 1.82) is 0 Å². The molecule has 0 saturated carbocycles. The summed E-state index contributed by atoms with van der Waals surface area (Å²) in [6.07, 6.45) is 3.15. The van der Waals surface area contributed by atoms with Crippen LogP contribution in [0.1, 0.15) is 23.7 Å². The summed E-state index contributed by atoms with van der Waals surface area (Å²) < 4.78 is 18.9. The van der Waals surface area contributed by atoms with Gasteiger partial charge >= 0.3 is 0 Å². The van der Waals surface area contributed by atoms with Gasteiger partial charge in [0.1, 0.15) is 6.17 Å². The highest BCUT2D eigenvalue weighted by atomic mass is 19.1. The number of hydrogen-bond acceptors (Lipinski definition) is 6. The van der Waals surface area contributed by atoms with Gasteiger partial charge in [-0.2, -0.15) is 4.98 Å². The molecule has 0 spiro atoms. The smallest absolute Gasteiger partial charge is 0.226 e. The fourth-order valence-corrected chi connectivity index (χ4v) is 3.12. The number of aromatic nitrogens is 3. The molecule has 2 aromatic heterocycles. The summed E-state index contributed by atoms with van der Waals surface area (Å²) in [7, 11) is 1.75. The summed E-state index contributed by atoms with van der Waals surface area (Å²) in [5, 5.41) is 3.87. The molecule has 7 nitrogen and oxygen atoms in total. The number of likely N-dealkylation sites (tertiary alicyclic amines) is 1. The van der Waals surface area contributed by atoms with E-state index < -0.39 is 6.17 Å². The van der Waals surface area contributed by atoms with Gasteiger partial charge in [-0.25, -0.2) is 4.39 Å². The van der Waals surface area contributed by atoms with Gasteiger partial charge in [-0.05, 0) is 18.1 Å². The van der Waals surface area contributed by atoms with Crippen molar-refractivity contribution in [2.75, 3.05) is 20.1 Å². The van der Waals surface area contributed by atoms with Crippen molar-refractivity contribution in [3.63, 3.8) is 0 Å². The first-order valence-corrected chi connectivity index (χ1v) is 8.31. The molecular weight excluding hydrogens is 325 g/mol. The van der Waals surface area contributed by atoms with Gasteiger partial charge < -0.3 is 9.42 Å². The van der Waals surface area contributed by atoms with E-state index in [2.05, 4.69) is 15.1 Å². The third-order valence-corrected chi connectivity index (χ3v) is 4.38. The van der Waals surface area contributed by atoms with Crippen LogP contribution in [-0.4, -0.2) is 63.2 Å². The first-order chi connectivity index (χ1) is 12.0. The lowest BCUT2D eigenvalue weighted by atomic mass is 10.1. The summed E-state index contributed by atoms with van der Waals surface area (Å²) in [5.74, 6) is 1.03. The second-order valence-corrected chi connectivity index (χ2v) is 6.46. The van der Waals surface area contributed by atoms with Crippen molar-refractivity contribution < 1.29 is 13.7 Å². The summed E-state index contributed by atoms with van der Waals surface area (Å²) in [4.78, 5) is 24.2. The number of hydrogen-bond donors (Lipinski definition) is 0. The zero-order valence-electron chi connectivity index (χ0n) is 14.4. The second-order valence-electron chi connectivity index (χ2n) is 6.46. The average Bonchev–Trinajstić information content (AvgIpc) is 3.14. The molecule has 0 N–H and O–H groups in total. The molecule has 0 bridgehead atoms. The van der Waals surface area contributed by atoms with E-state index in [9.17, 15) is 9.18 Å². The largest absolute Gasteiger partial charge is 0.344 e. The Morgan fingerprint density at radius 2 is 2.36 bits per heavy atom. The van der Waals surface area contributed by atoms with Crippen molar-refractivity contribution in [2.45, 2.75) is 38.5 Å². The Morgan fingerprint density at radius 1 is 1.52 bits per heavy atom. The minimum absolute atomic E-state index is 0.00864. The molecule has 0 radical (unpaired) electrons. The van der Waals surface area contributed by atoms with Gasteiger partial charge in [0, 0.05) is 45.5 Å². The van der Waals surface area contributed by atoms with E-state index in [1.807, 2.05) is 17.0 Å². The molecule has 2 atom stereocenters. The summed E-state index contributed by atoms with van der Waals surface area (Å²) in [5.41, 5.74) is 0.869. The molecule has 0 aliphatic carbocycles. The minimum atomic E-state index is -0.903. The van der Waals surface area contributed by atoms with Crippen LogP contribution in [0.3, 0.4) is 0 Å². The summed E-state index contributed by atoms with van der Waals surface area (Å²) in [6, 6.07) is 3.62. The van der Waals surface area contributed by atoms with Crippen molar-refractivity contribution in [2.24, 2.45) is 0 Å². The minimum Gasteiger partial charge on any atom is -0.344 e. The number of aryl methyl sites for hydroxylation is 1. The van der Waals surface area contributed by atoms with Crippen LogP contribution in [0.15, 0.2) is 29.0 Å². The Balaban J connectivity index is 1.58. The van der Waals surface area contributed by atoms with Crippen molar-refractivity contribution in [3.05, 3.63) is 41.8 Å². The van der Waals surface area contributed by atoms with Crippen LogP contribution in [0.5, 0.6) is 0 Å². The van der Waals surface area contributed by atoms with E-state index in [1.165, 1.54) is 0 Å². The molecule has 1 saturated heterocycles. The summed E-state index contributed by atoms with van der Waals surface area (Å²) in [6.45, 7) is 2.94. The van der Waals surface area contributed by atoms with E-state index in [1.54, 1.807) is 31.3 Å². The van der Waals surface area contributed by atoms with Crippen molar-refractivity contribution in [3.8, 4) is 0 Å². The Labute approximate surface area is 145 Å². The molecular formula is C17H22FN5O2. The maximum absolute atomic E-state index is 13.9. The molecule has 1 amide bonds. The maximum atomic E-state index is 13.9. The number of carbonyl (C=O) groups excluding carboxylic acids is 1. The fourth-order valence-electron chi connectivity index (χ4n) is 3.12. The van der Waals surface area contributed by atoms with Crippen molar-refractivity contribution in [1.82, 2.24) is 24.9 Å². The lowest BCUT2D eigenvalue weighted by molar-refractivity contribution is -0.129. The number of nitrogens with zero attached hydrogens (tertiary/aromatic N) is 5. The van der Waals surface area contributed by atoms with Gasteiger partial charge in [0.25, 0.3) is 0 Å². The van der Waals surface area contributed by atoms with Crippen LogP contribution in [0.2, 0.25) is 0 Å². The van der Waals surface area contributed by atoms with Crippen LogP contribution in [0, 0.1) is 6.92 Å². The van der Waals surface area contributed by atoms with Gasteiger partial charge in [-0.15, -0.1) is 0 Å². The number of likely N-dealkylation sites (N-methyl/N-ethyl adjacent to an activating group) is 1. The SMILES string of the molecule is Cc1nc(CN2C[C@@H](F)C[C@H]2CN(C)C(=O)Cc2cccnc2)no1. The monoisotopic (exact) mass is 347 g/mol. The van der Waals surface area contributed by atoms with Crippen LogP contribution in [-0.2, 0) is 17.8 Å². The third-order valence-electron chi connectivity index (χ3n) is 4.38. The molecule has 2 aromatic rings. The van der Waals surface area contributed by atoms with Crippen LogP contribution in [0.4, 0.5) is 4.39 Å². The van der Waals surface area contributed by atoms with Gasteiger partial charge in [-0.3, -0.25) is 14.7 Å². The first kappa shape index (κ1) is 17.5. The lowest BCUT2D eigenvalue weighted by Crippen LogP contribution is -2.41. The van der Waals surface area contributed by atoms with Gasteiger partial charge in [0.05, 0.1) is 13.0 Å². The lowest BCUT2D eigenvalue weighted by Gasteiger charge is -2.27. The molecule has 25 heavy (non-hydrogen) atoms. The van der Waals surface area contributed by atoms with Gasteiger partial charge in [0.2, 0.25) is 11.8 Å². The van der Waals surface area contributed by atoms with Crippen LogP contribution >= 0.6 is 0 Å². The number of alkyl halides is 1. The normalized spacial score (nSPS) is 20.8. The Kier molecular flexibility index (Phi) is 5.37. The topological polar surface area (TPSA) is 75.4 Å². The molecule has 3 rings (SSSR count). The van der Waals surface area contributed by atoms with Gasteiger partial charge in [-0.1, -0.05) is 11.2 Å². The Hall–Kier alpha value is -2.35. The zero-order chi connectivity index (χ0) is 17.8. The standard InChI is InChI=1S/C17H22FN5O2/c1-12-20-16(21-25-12)11-23-9-14(18)7-15(23)10-22(2)17(24)6-13-4-3-5-19-8-13/h3-5,8,14-15H,6-7,9-11H2,1-2H3/t14-,15-/m0/s1. The molecule has 0 unspecified atom stereocenters. The highest BCUT2D eigenvalue weighted by Crippen LogP contribution is 2.23. The fraction of sp³-hybridized carbons (Fsp3) is 0.529. The van der Waals surface area contributed by atoms with E-state index in [0.29, 0.717) is 44.2 Å². The van der Waals surface area contributed by atoms with E-state index in [4.69, 9.17) is 4.52 Å². The number of carbonyl (C=O) groups is 1. The number of pyridine rings is 1. The predicted molar refractivity (Wildman–Crippen MR) is 88.3 cm³/mol. The predicted octanol–water partition coefficient (Wildman–Crippen LogP) is 1.39.